The number of nitrogens with zero attached hydrogens (tertiary/aromatic N) is 3. The average molecular weight is 321 g/mol. The zero-order valence-electron chi connectivity index (χ0n) is 13.9. The smallest absolute Gasteiger partial charge is 0.145 e. The Labute approximate surface area is 141 Å². The van der Waals surface area contributed by atoms with Gasteiger partial charge in [0.1, 0.15) is 17.8 Å². The molecule has 5 nitrogen and oxygen atoms in total. The molecule has 0 atom stereocenters. The number of hydrogen-bond acceptors (Lipinski definition) is 4. The van der Waals surface area contributed by atoms with Crippen LogP contribution in [0.3, 0.4) is 0 Å². The number of aromatic nitrogens is 3. The largest absolute Gasteiger partial charge is 0.383 e. The van der Waals surface area contributed by atoms with Crippen molar-refractivity contribution in [3.63, 3.8) is 0 Å². The van der Waals surface area contributed by atoms with Crippen molar-refractivity contribution in [2.75, 3.05) is 12.3 Å². The van der Waals surface area contributed by atoms with Gasteiger partial charge in [0.25, 0.3) is 0 Å². The van der Waals surface area contributed by atoms with E-state index in [1.165, 1.54) is 18.4 Å². The molecule has 0 spiro atoms. The van der Waals surface area contributed by atoms with Crippen LogP contribution in [0, 0.1) is 12.8 Å². The molecular formula is C19H23N5. The molecule has 124 valence electrons. The Morgan fingerprint density at radius 2 is 2.00 bits per heavy atom. The third-order valence-corrected chi connectivity index (χ3v) is 5.04. The molecule has 5 heteroatoms. The van der Waals surface area contributed by atoms with Gasteiger partial charge in [-0.1, -0.05) is 30.3 Å². The minimum atomic E-state index is 0.527. The Kier molecular flexibility index (Phi) is 3.94. The van der Waals surface area contributed by atoms with Crippen LogP contribution in [0.25, 0.3) is 11.0 Å². The van der Waals surface area contributed by atoms with Crippen LogP contribution in [0.15, 0.2) is 42.9 Å². The first-order valence-corrected chi connectivity index (χ1v) is 8.54. The normalized spacial score (nSPS) is 20.2. The highest BCUT2D eigenvalue weighted by molar-refractivity contribution is 5.89. The van der Waals surface area contributed by atoms with Gasteiger partial charge >= 0.3 is 0 Å². The summed E-state index contributed by atoms with van der Waals surface area (Å²) in [7, 11) is 0. The van der Waals surface area contributed by atoms with E-state index in [0.717, 1.165) is 35.6 Å². The maximum Gasteiger partial charge on any atom is 0.145 e. The molecule has 0 saturated heterocycles. The summed E-state index contributed by atoms with van der Waals surface area (Å²) in [5, 5.41) is 4.58. The molecule has 3 aromatic rings. The predicted octanol–water partition coefficient (Wildman–Crippen LogP) is 3.06. The van der Waals surface area contributed by atoms with Gasteiger partial charge in [-0.2, -0.15) is 0 Å². The van der Waals surface area contributed by atoms with Gasteiger partial charge in [0.2, 0.25) is 0 Å². The number of fused-ring (bicyclic) bond motifs is 1. The van der Waals surface area contributed by atoms with Crippen LogP contribution in [0.1, 0.15) is 30.0 Å². The molecule has 1 aliphatic carbocycles. The van der Waals surface area contributed by atoms with Crippen molar-refractivity contribution in [2.24, 2.45) is 5.92 Å². The number of nitrogens with two attached hydrogens (primary N) is 1. The van der Waals surface area contributed by atoms with Crippen LogP contribution >= 0.6 is 0 Å². The van der Waals surface area contributed by atoms with E-state index < -0.39 is 0 Å². The van der Waals surface area contributed by atoms with Crippen molar-refractivity contribution in [3.8, 4) is 0 Å². The lowest BCUT2D eigenvalue weighted by Crippen LogP contribution is -2.34. The van der Waals surface area contributed by atoms with Gasteiger partial charge in [-0.25, -0.2) is 9.97 Å². The lowest BCUT2D eigenvalue weighted by molar-refractivity contribution is 0.196. The van der Waals surface area contributed by atoms with Crippen molar-refractivity contribution in [1.82, 2.24) is 19.9 Å². The van der Waals surface area contributed by atoms with Gasteiger partial charge in [0, 0.05) is 18.8 Å². The van der Waals surface area contributed by atoms with E-state index in [2.05, 4.69) is 63.3 Å². The second-order valence-electron chi connectivity index (χ2n) is 6.78. The highest BCUT2D eigenvalue weighted by Gasteiger charge is 2.31. The zero-order valence-corrected chi connectivity index (χ0v) is 13.9. The van der Waals surface area contributed by atoms with E-state index in [1.807, 2.05) is 0 Å². The Balaban J connectivity index is 1.35. The van der Waals surface area contributed by atoms with Gasteiger partial charge in [-0.15, -0.1) is 0 Å². The molecule has 4 rings (SSSR count). The molecular weight excluding hydrogens is 298 g/mol. The SMILES string of the molecule is Cc1cn([C@H]2C[C@@H](CNCc3ccccc3)C2)c2ncnc(N)c12. The Morgan fingerprint density at radius 3 is 2.79 bits per heavy atom. The van der Waals surface area contributed by atoms with E-state index >= 15 is 0 Å². The first-order valence-electron chi connectivity index (χ1n) is 8.54. The second kappa shape index (κ2) is 6.24. The lowest BCUT2D eigenvalue weighted by atomic mass is 9.80. The molecule has 2 aromatic heterocycles. The third kappa shape index (κ3) is 2.76. The van der Waals surface area contributed by atoms with Gasteiger partial charge in [0.15, 0.2) is 0 Å². The number of nitrogens with one attached hydrogen (secondary N) is 1. The molecule has 0 radical (unpaired) electrons. The summed E-state index contributed by atoms with van der Waals surface area (Å²) in [6.07, 6.45) is 6.11. The van der Waals surface area contributed by atoms with Crippen molar-refractivity contribution in [2.45, 2.75) is 32.4 Å². The number of benzene rings is 1. The van der Waals surface area contributed by atoms with Crippen molar-refractivity contribution < 1.29 is 0 Å². The fourth-order valence-electron chi connectivity index (χ4n) is 3.69. The van der Waals surface area contributed by atoms with Crippen molar-refractivity contribution in [3.05, 3.63) is 54.0 Å². The summed E-state index contributed by atoms with van der Waals surface area (Å²) in [5.41, 5.74) is 9.48. The Morgan fingerprint density at radius 1 is 1.21 bits per heavy atom. The topological polar surface area (TPSA) is 68.8 Å². The molecule has 3 N–H and O–H groups in total. The van der Waals surface area contributed by atoms with E-state index in [1.54, 1.807) is 6.33 Å². The van der Waals surface area contributed by atoms with Gasteiger partial charge in [-0.05, 0) is 43.4 Å². The van der Waals surface area contributed by atoms with Crippen LogP contribution in [-0.4, -0.2) is 21.1 Å². The fourth-order valence-corrected chi connectivity index (χ4v) is 3.69. The van der Waals surface area contributed by atoms with Gasteiger partial charge in [0.05, 0.1) is 5.39 Å². The molecule has 0 amide bonds. The second-order valence-corrected chi connectivity index (χ2v) is 6.78. The summed E-state index contributed by atoms with van der Waals surface area (Å²) in [4.78, 5) is 8.56. The number of anilines is 1. The van der Waals surface area contributed by atoms with Crippen LogP contribution < -0.4 is 11.1 Å². The predicted molar refractivity (Wildman–Crippen MR) is 96.6 cm³/mol. The van der Waals surface area contributed by atoms with Crippen LogP contribution in [0.2, 0.25) is 0 Å². The average Bonchev–Trinajstić information content (AvgIpc) is 2.88. The molecule has 1 saturated carbocycles. The number of nitrogen functional groups attached to an aromatic ring is 1. The molecule has 1 fully saturated rings. The standard InChI is InChI=1S/C19H23N5/c1-13-11-24(19-17(13)18(20)22-12-23-19)16-7-15(8-16)10-21-9-14-5-3-2-4-6-14/h2-6,11-12,15-16,21H,7-10H2,1H3,(H2,20,22,23)/t15-,16+. The minimum Gasteiger partial charge on any atom is -0.383 e. The molecule has 0 unspecified atom stereocenters. The molecule has 24 heavy (non-hydrogen) atoms. The number of aryl methyl sites for hydroxylation is 1. The lowest BCUT2D eigenvalue weighted by Gasteiger charge is -2.36. The molecule has 2 heterocycles. The molecule has 1 aliphatic rings. The Bertz CT molecular complexity index is 834. The van der Waals surface area contributed by atoms with Crippen molar-refractivity contribution in [1.29, 1.82) is 0 Å². The Hall–Kier alpha value is -2.40. The van der Waals surface area contributed by atoms with E-state index in [4.69, 9.17) is 5.73 Å². The fraction of sp³-hybridized carbons (Fsp3) is 0.368. The quantitative estimate of drug-likeness (QED) is 0.758. The molecule has 1 aromatic carbocycles. The third-order valence-electron chi connectivity index (χ3n) is 5.04. The maximum atomic E-state index is 6.00. The van der Waals surface area contributed by atoms with Gasteiger partial charge < -0.3 is 15.6 Å². The molecule has 0 bridgehead atoms. The first kappa shape index (κ1) is 15.1. The van der Waals surface area contributed by atoms with Crippen molar-refractivity contribution >= 4 is 16.9 Å². The van der Waals surface area contributed by atoms with E-state index in [9.17, 15) is 0 Å². The molecule has 0 aliphatic heterocycles. The van der Waals surface area contributed by atoms with E-state index in [-0.39, 0.29) is 0 Å². The first-order chi connectivity index (χ1) is 11.7. The highest BCUT2D eigenvalue weighted by Crippen LogP contribution is 2.40. The number of hydrogen-bond donors (Lipinski definition) is 2. The number of rotatable bonds is 5. The van der Waals surface area contributed by atoms with Crippen LogP contribution in [-0.2, 0) is 6.54 Å². The minimum absolute atomic E-state index is 0.527. The monoisotopic (exact) mass is 321 g/mol. The highest BCUT2D eigenvalue weighted by atomic mass is 15.1. The van der Waals surface area contributed by atoms with Crippen LogP contribution in [0.5, 0.6) is 0 Å². The summed E-state index contributed by atoms with van der Waals surface area (Å²) in [6, 6.07) is 11.1. The maximum absolute atomic E-state index is 6.00. The summed E-state index contributed by atoms with van der Waals surface area (Å²) < 4.78 is 2.29. The van der Waals surface area contributed by atoms with Gasteiger partial charge in [-0.3, -0.25) is 0 Å². The zero-order chi connectivity index (χ0) is 16.5. The summed E-state index contributed by atoms with van der Waals surface area (Å²) >= 11 is 0. The van der Waals surface area contributed by atoms with Crippen LogP contribution in [0.4, 0.5) is 5.82 Å². The summed E-state index contributed by atoms with van der Waals surface area (Å²) in [6.45, 7) is 4.09. The van der Waals surface area contributed by atoms with E-state index in [0.29, 0.717) is 11.9 Å². The summed E-state index contributed by atoms with van der Waals surface area (Å²) in [5.74, 6) is 1.31.